The smallest absolute Gasteiger partial charge is 0.457 e. The topological polar surface area (TPSA) is 27.7 Å². The number of aryl methyl sites for hydroxylation is 1. The molecule has 2 aliphatic heterocycles. The van der Waals surface area contributed by atoms with Crippen LogP contribution < -0.4 is 10.2 Å². The van der Waals surface area contributed by atoms with Crippen molar-refractivity contribution in [2.75, 3.05) is 0 Å². The second-order valence-electron chi connectivity index (χ2n) is 10.6. The Morgan fingerprint density at radius 2 is 1.25 bits per heavy atom. The number of fused-ring (bicyclic) bond motifs is 2. The van der Waals surface area contributed by atoms with Crippen LogP contribution in [0.1, 0.15) is 58.2 Å². The fourth-order valence-corrected chi connectivity index (χ4v) is 4.56. The van der Waals surface area contributed by atoms with Crippen LogP contribution in [0.15, 0.2) is 60.7 Å². The van der Waals surface area contributed by atoms with Crippen LogP contribution in [0.5, 0.6) is 11.5 Å². The van der Waals surface area contributed by atoms with Gasteiger partial charge in [0.1, 0.15) is 11.5 Å². The van der Waals surface area contributed by atoms with Gasteiger partial charge in [0.15, 0.2) is 0 Å². The lowest BCUT2D eigenvalue weighted by atomic mass is 9.72. The Hall–Kier alpha value is -2.56. The maximum atomic E-state index is 6.42. The van der Waals surface area contributed by atoms with Crippen LogP contribution in [0, 0.1) is 6.92 Å². The lowest BCUT2D eigenvalue weighted by molar-refractivity contribution is 0.00578. The molecular weight excluding hydrogens is 395 g/mol. The van der Waals surface area contributed by atoms with Gasteiger partial charge >= 0.3 is 7.12 Å². The average Bonchev–Trinajstić information content (AvgIpc) is 2.95. The van der Waals surface area contributed by atoms with E-state index in [1.807, 2.05) is 0 Å². The van der Waals surface area contributed by atoms with Crippen LogP contribution in [-0.2, 0) is 14.7 Å². The van der Waals surface area contributed by atoms with Crippen LogP contribution in [0.3, 0.4) is 0 Å². The molecule has 1 fully saturated rings. The molecule has 3 aromatic rings. The average molecular weight is 426 g/mol. The Bertz CT molecular complexity index is 1180. The summed E-state index contributed by atoms with van der Waals surface area (Å²) in [6.45, 7) is 14.9. The number of ether oxygens (including phenoxy) is 1. The summed E-state index contributed by atoms with van der Waals surface area (Å²) in [6.07, 6.45) is 0. The Morgan fingerprint density at radius 1 is 0.625 bits per heavy atom. The van der Waals surface area contributed by atoms with Gasteiger partial charge in [-0.05, 0) is 69.4 Å². The Kier molecular flexibility index (Phi) is 4.64. The summed E-state index contributed by atoms with van der Waals surface area (Å²) in [5.74, 6) is 1.78. The van der Waals surface area contributed by atoms with E-state index in [1.54, 1.807) is 0 Å². The van der Waals surface area contributed by atoms with E-state index in [0.717, 1.165) is 17.0 Å². The molecule has 0 atom stereocenters. The van der Waals surface area contributed by atoms with E-state index in [1.165, 1.54) is 27.8 Å². The Labute approximate surface area is 191 Å². The standard InChI is InChI=1S/C28H31BO3/c1-18-8-10-19(11-9-18)20-12-15-24-23(16-20)26(2,3)22-14-13-21(17-25(22)30-24)29-31-27(4,5)28(6,7)32-29/h8-17H,1-7H3. The monoisotopic (exact) mass is 426 g/mol. The highest BCUT2D eigenvalue weighted by molar-refractivity contribution is 6.62. The molecule has 2 aliphatic rings. The van der Waals surface area contributed by atoms with Crippen LogP contribution >= 0.6 is 0 Å². The van der Waals surface area contributed by atoms with E-state index in [9.17, 15) is 0 Å². The lowest BCUT2D eigenvalue weighted by Gasteiger charge is -2.35. The zero-order valence-electron chi connectivity index (χ0n) is 20.1. The summed E-state index contributed by atoms with van der Waals surface area (Å²) >= 11 is 0. The van der Waals surface area contributed by atoms with Crippen LogP contribution in [0.25, 0.3) is 11.1 Å². The molecule has 0 unspecified atom stereocenters. The molecule has 5 rings (SSSR count). The summed E-state index contributed by atoms with van der Waals surface area (Å²) in [5.41, 5.74) is 6.13. The predicted octanol–water partition coefficient (Wildman–Crippen LogP) is 6.39. The SMILES string of the molecule is Cc1ccc(-c2ccc3c(c2)C(C)(C)c2ccc(B4OC(C)(C)C(C)(C)O4)cc2O3)cc1. The molecule has 32 heavy (non-hydrogen) atoms. The summed E-state index contributed by atoms with van der Waals surface area (Å²) in [6, 6.07) is 21.5. The molecule has 164 valence electrons. The first kappa shape index (κ1) is 21.3. The molecule has 1 saturated heterocycles. The third-order valence-corrected chi connectivity index (χ3v) is 7.46. The second kappa shape index (κ2) is 6.97. The minimum atomic E-state index is -0.401. The molecule has 0 amide bonds. The number of hydrogen-bond acceptors (Lipinski definition) is 3. The molecule has 0 saturated carbocycles. The van der Waals surface area contributed by atoms with Crippen molar-refractivity contribution >= 4 is 12.6 Å². The van der Waals surface area contributed by atoms with E-state index in [2.05, 4.69) is 109 Å². The number of benzene rings is 3. The molecule has 0 spiro atoms. The van der Waals surface area contributed by atoms with Gasteiger partial charge in [0, 0.05) is 16.5 Å². The molecular formula is C28H31BO3. The van der Waals surface area contributed by atoms with Crippen molar-refractivity contribution in [2.24, 2.45) is 0 Å². The molecule has 3 nitrogen and oxygen atoms in total. The molecule has 3 aromatic carbocycles. The highest BCUT2D eigenvalue weighted by Crippen LogP contribution is 2.48. The highest BCUT2D eigenvalue weighted by atomic mass is 16.7. The van der Waals surface area contributed by atoms with Crippen molar-refractivity contribution in [3.05, 3.63) is 77.4 Å². The van der Waals surface area contributed by atoms with Crippen LogP contribution in [0.4, 0.5) is 0 Å². The Balaban J connectivity index is 1.51. The third kappa shape index (κ3) is 3.28. The van der Waals surface area contributed by atoms with Gasteiger partial charge < -0.3 is 14.0 Å². The van der Waals surface area contributed by atoms with Crippen LogP contribution in [-0.4, -0.2) is 18.3 Å². The van der Waals surface area contributed by atoms with E-state index in [0.29, 0.717) is 0 Å². The molecule has 0 bridgehead atoms. The largest absolute Gasteiger partial charge is 0.494 e. The quantitative estimate of drug-likeness (QED) is 0.444. The molecule has 0 N–H and O–H groups in total. The fourth-order valence-electron chi connectivity index (χ4n) is 4.56. The van der Waals surface area contributed by atoms with E-state index >= 15 is 0 Å². The zero-order chi connectivity index (χ0) is 22.9. The van der Waals surface area contributed by atoms with Gasteiger partial charge in [-0.25, -0.2) is 0 Å². The molecule has 0 aliphatic carbocycles. The first-order valence-corrected chi connectivity index (χ1v) is 11.4. The lowest BCUT2D eigenvalue weighted by Crippen LogP contribution is -2.41. The summed E-state index contributed by atoms with van der Waals surface area (Å²) in [7, 11) is -0.401. The van der Waals surface area contributed by atoms with Gasteiger partial charge in [-0.15, -0.1) is 0 Å². The Morgan fingerprint density at radius 3 is 1.91 bits per heavy atom. The first-order valence-electron chi connectivity index (χ1n) is 11.4. The van der Waals surface area contributed by atoms with Crippen molar-refractivity contribution in [3.63, 3.8) is 0 Å². The summed E-state index contributed by atoms with van der Waals surface area (Å²) < 4.78 is 18.9. The van der Waals surface area contributed by atoms with Gasteiger partial charge in [0.25, 0.3) is 0 Å². The van der Waals surface area contributed by atoms with Gasteiger partial charge in [-0.1, -0.05) is 61.9 Å². The normalized spacial score (nSPS) is 19.8. The van der Waals surface area contributed by atoms with Gasteiger partial charge in [-0.2, -0.15) is 0 Å². The van der Waals surface area contributed by atoms with Crippen molar-refractivity contribution in [1.82, 2.24) is 0 Å². The van der Waals surface area contributed by atoms with Gasteiger partial charge in [-0.3, -0.25) is 0 Å². The van der Waals surface area contributed by atoms with Crippen molar-refractivity contribution in [2.45, 2.75) is 65.1 Å². The first-order chi connectivity index (χ1) is 15.0. The van der Waals surface area contributed by atoms with E-state index in [-0.39, 0.29) is 16.6 Å². The zero-order valence-corrected chi connectivity index (χ0v) is 20.1. The molecule has 4 heteroatoms. The minimum absolute atomic E-state index is 0.182. The molecule has 0 radical (unpaired) electrons. The highest BCUT2D eigenvalue weighted by Gasteiger charge is 2.52. The molecule has 2 heterocycles. The van der Waals surface area contributed by atoms with E-state index in [4.69, 9.17) is 14.0 Å². The van der Waals surface area contributed by atoms with Gasteiger partial charge in [0.2, 0.25) is 0 Å². The number of hydrogen-bond donors (Lipinski definition) is 0. The summed E-state index contributed by atoms with van der Waals surface area (Å²) in [5, 5.41) is 0. The van der Waals surface area contributed by atoms with E-state index < -0.39 is 7.12 Å². The van der Waals surface area contributed by atoms with Crippen LogP contribution in [0.2, 0.25) is 0 Å². The minimum Gasteiger partial charge on any atom is -0.457 e. The second-order valence-corrected chi connectivity index (χ2v) is 10.6. The van der Waals surface area contributed by atoms with Crippen molar-refractivity contribution in [3.8, 4) is 22.6 Å². The maximum absolute atomic E-state index is 6.42. The van der Waals surface area contributed by atoms with Crippen molar-refractivity contribution < 1.29 is 14.0 Å². The number of rotatable bonds is 2. The van der Waals surface area contributed by atoms with Crippen molar-refractivity contribution in [1.29, 1.82) is 0 Å². The van der Waals surface area contributed by atoms with Gasteiger partial charge in [0.05, 0.1) is 11.2 Å². The summed E-state index contributed by atoms with van der Waals surface area (Å²) in [4.78, 5) is 0. The third-order valence-electron chi connectivity index (χ3n) is 7.46. The fraction of sp³-hybridized carbons (Fsp3) is 0.357. The molecule has 0 aromatic heterocycles. The maximum Gasteiger partial charge on any atom is 0.494 e. The predicted molar refractivity (Wildman–Crippen MR) is 131 cm³/mol.